The lowest BCUT2D eigenvalue weighted by Gasteiger charge is -2.48. The van der Waals surface area contributed by atoms with Gasteiger partial charge in [-0.05, 0) is 51.7 Å². The number of hydrogen-bond acceptors (Lipinski definition) is 5. The second-order valence-electron chi connectivity index (χ2n) is 9.42. The van der Waals surface area contributed by atoms with Gasteiger partial charge in [0.1, 0.15) is 12.2 Å². The van der Waals surface area contributed by atoms with Crippen LogP contribution >= 0.6 is 0 Å². The first-order valence-corrected chi connectivity index (χ1v) is 12.0. The van der Waals surface area contributed by atoms with E-state index in [4.69, 9.17) is 18.6 Å². The molecule has 6 heteroatoms. The molecular formula is C18H36O5Si. The number of rotatable bonds is 4. The fourth-order valence-electron chi connectivity index (χ4n) is 3.17. The zero-order valence-corrected chi connectivity index (χ0v) is 17.6. The third-order valence-electron chi connectivity index (χ3n) is 5.88. The van der Waals surface area contributed by atoms with Crippen molar-refractivity contribution in [2.24, 2.45) is 0 Å². The molecule has 2 saturated heterocycles. The normalized spacial score (nSPS) is 37.6. The van der Waals surface area contributed by atoms with E-state index in [1.54, 1.807) is 0 Å². The molecule has 0 aromatic carbocycles. The van der Waals surface area contributed by atoms with E-state index >= 15 is 0 Å². The summed E-state index contributed by atoms with van der Waals surface area (Å²) in [6.45, 7) is 17.6. The maximum atomic E-state index is 9.88. The Labute approximate surface area is 148 Å². The molecule has 0 saturated carbocycles. The van der Waals surface area contributed by atoms with Crippen LogP contribution in [0.2, 0.25) is 18.1 Å². The third kappa shape index (κ3) is 4.22. The highest BCUT2D eigenvalue weighted by Gasteiger charge is 2.51. The SMILES string of the molecule is CC1(C)OC[C@H]([C@]2(C)CC[C@H](O[Si](C)(C)C(C)(C)C)[C@@H](CO)O2)O1. The fourth-order valence-corrected chi connectivity index (χ4v) is 4.55. The van der Waals surface area contributed by atoms with Gasteiger partial charge in [-0.3, -0.25) is 0 Å². The molecule has 2 rings (SSSR count). The Balaban J connectivity index is 2.06. The van der Waals surface area contributed by atoms with Crippen LogP contribution in [0.15, 0.2) is 0 Å². The van der Waals surface area contributed by atoms with Crippen molar-refractivity contribution in [1.29, 1.82) is 0 Å². The van der Waals surface area contributed by atoms with Crippen molar-refractivity contribution in [3.63, 3.8) is 0 Å². The predicted molar refractivity (Wildman–Crippen MR) is 96.6 cm³/mol. The van der Waals surface area contributed by atoms with E-state index in [-0.39, 0.29) is 30.0 Å². The maximum absolute atomic E-state index is 9.88. The summed E-state index contributed by atoms with van der Waals surface area (Å²) < 4.78 is 24.6. The van der Waals surface area contributed by atoms with Crippen molar-refractivity contribution in [3.05, 3.63) is 0 Å². The van der Waals surface area contributed by atoms with E-state index in [2.05, 4.69) is 40.8 Å². The highest BCUT2D eigenvalue weighted by molar-refractivity contribution is 6.74. The molecule has 1 N–H and O–H groups in total. The van der Waals surface area contributed by atoms with Crippen molar-refractivity contribution in [3.8, 4) is 0 Å². The minimum absolute atomic E-state index is 0.0359. The molecular weight excluding hydrogens is 324 g/mol. The molecule has 0 radical (unpaired) electrons. The average molecular weight is 361 g/mol. The first kappa shape index (κ1) is 20.3. The Kier molecular flexibility index (Phi) is 5.62. The number of aliphatic hydroxyl groups is 1. The summed E-state index contributed by atoms with van der Waals surface area (Å²) in [4.78, 5) is 0. The second-order valence-corrected chi connectivity index (χ2v) is 14.2. The van der Waals surface area contributed by atoms with Crippen molar-refractivity contribution in [1.82, 2.24) is 0 Å². The molecule has 5 nitrogen and oxygen atoms in total. The summed E-state index contributed by atoms with van der Waals surface area (Å²) in [5.41, 5.74) is -0.450. The zero-order valence-electron chi connectivity index (χ0n) is 16.6. The standard InChI is InChI=1S/C18H36O5Si/c1-16(2,3)24(7,8)23-13-9-10-18(6,21-14(13)11-19)15-12-20-17(4,5)22-15/h13-15,19H,9-12H2,1-8H3/t13-,14+,15+,18-/m0/s1. The molecule has 2 heterocycles. The molecule has 2 aliphatic heterocycles. The van der Waals surface area contributed by atoms with E-state index < -0.39 is 19.7 Å². The average Bonchev–Trinajstić information content (AvgIpc) is 2.80. The Morgan fingerprint density at radius 2 is 1.79 bits per heavy atom. The molecule has 0 unspecified atom stereocenters. The Hall–Kier alpha value is 0.0169. The second kappa shape index (κ2) is 6.63. The lowest BCUT2D eigenvalue weighted by atomic mass is 9.87. The van der Waals surface area contributed by atoms with Crippen LogP contribution in [0.4, 0.5) is 0 Å². The topological polar surface area (TPSA) is 57.2 Å². The van der Waals surface area contributed by atoms with Gasteiger partial charge < -0.3 is 23.7 Å². The highest BCUT2D eigenvalue weighted by Crippen LogP contribution is 2.42. The highest BCUT2D eigenvalue weighted by atomic mass is 28.4. The largest absolute Gasteiger partial charge is 0.411 e. The number of aliphatic hydroxyl groups excluding tert-OH is 1. The van der Waals surface area contributed by atoms with Crippen molar-refractivity contribution in [2.75, 3.05) is 13.2 Å². The van der Waals surface area contributed by atoms with Gasteiger partial charge in [-0.2, -0.15) is 0 Å². The van der Waals surface area contributed by atoms with Crippen molar-refractivity contribution < 1.29 is 23.7 Å². The van der Waals surface area contributed by atoms with Gasteiger partial charge in [-0.15, -0.1) is 0 Å². The molecule has 0 amide bonds. The van der Waals surface area contributed by atoms with Crippen LogP contribution < -0.4 is 0 Å². The van der Waals surface area contributed by atoms with E-state index in [0.717, 1.165) is 12.8 Å². The van der Waals surface area contributed by atoms with Crippen LogP contribution in [-0.4, -0.2) is 56.3 Å². The summed E-state index contributed by atoms with van der Waals surface area (Å²) in [6, 6.07) is 0. The van der Waals surface area contributed by atoms with E-state index in [1.807, 2.05) is 13.8 Å². The van der Waals surface area contributed by atoms with Crippen LogP contribution in [0.5, 0.6) is 0 Å². The van der Waals surface area contributed by atoms with Crippen LogP contribution in [0, 0.1) is 0 Å². The van der Waals surface area contributed by atoms with Crippen LogP contribution in [-0.2, 0) is 18.6 Å². The molecule has 2 fully saturated rings. The lowest BCUT2D eigenvalue weighted by Crippen LogP contribution is -2.57. The molecule has 142 valence electrons. The maximum Gasteiger partial charge on any atom is 0.192 e. The van der Waals surface area contributed by atoms with Crippen molar-refractivity contribution >= 4 is 8.32 Å². The van der Waals surface area contributed by atoms with E-state index in [0.29, 0.717) is 6.61 Å². The van der Waals surface area contributed by atoms with Gasteiger partial charge in [0, 0.05) is 0 Å². The number of ether oxygens (including phenoxy) is 3. The van der Waals surface area contributed by atoms with Gasteiger partial charge in [0.05, 0.1) is 24.9 Å². The van der Waals surface area contributed by atoms with Crippen molar-refractivity contribution in [2.45, 2.75) is 102 Å². The number of hydrogen-bond donors (Lipinski definition) is 1. The minimum Gasteiger partial charge on any atom is -0.411 e. The van der Waals surface area contributed by atoms with Gasteiger partial charge >= 0.3 is 0 Å². The summed E-state index contributed by atoms with van der Waals surface area (Å²) in [7, 11) is -1.90. The smallest absolute Gasteiger partial charge is 0.192 e. The molecule has 24 heavy (non-hydrogen) atoms. The summed E-state index contributed by atoms with van der Waals surface area (Å²) in [5, 5.41) is 10.0. The van der Waals surface area contributed by atoms with Crippen LogP contribution in [0.1, 0.15) is 54.4 Å². The van der Waals surface area contributed by atoms with Crippen LogP contribution in [0.25, 0.3) is 0 Å². The third-order valence-corrected chi connectivity index (χ3v) is 10.4. The Bertz CT molecular complexity index is 445. The Morgan fingerprint density at radius 1 is 1.17 bits per heavy atom. The monoisotopic (exact) mass is 360 g/mol. The molecule has 0 aromatic heterocycles. The molecule has 4 atom stereocenters. The first-order valence-electron chi connectivity index (χ1n) is 9.08. The van der Waals surface area contributed by atoms with E-state index in [1.165, 1.54) is 0 Å². The van der Waals surface area contributed by atoms with Crippen LogP contribution in [0.3, 0.4) is 0 Å². The molecule has 0 aliphatic carbocycles. The summed E-state index contributed by atoms with van der Waals surface area (Å²) in [6.07, 6.45) is 1.22. The predicted octanol–water partition coefficient (Wildman–Crippen LogP) is 3.46. The Morgan fingerprint density at radius 3 is 2.25 bits per heavy atom. The molecule has 0 aromatic rings. The quantitative estimate of drug-likeness (QED) is 0.778. The minimum atomic E-state index is -1.90. The molecule has 0 bridgehead atoms. The van der Waals surface area contributed by atoms with E-state index in [9.17, 15) is 5.11 Å². The zero-order chi connectivity index (χ0) is 18.4. The summed E-state index contributed by atoms with van der Waals surface area (Å²) in [5.74, 6) is -0.569. The van der Waals surface area contributed by atoms with Gasteiger partial charge in [0.15, 0.2) is 14.1 Å². The molecule has 0 spiro atoms. The molecule has 2 aliphatic rings. The van der Waals surface area contributed by atoms with Gasteiger partial charge in [0.25, 0.3) is 0 Å². The first-order chi connectivity index (χ1) is 10.8. The van der Waals surface area contributed by atoms with Gasteiger partial charge in [-0.1, -0.05) is 20.8 Å². The fraction of sp³-hybridized carbons (Fsp3) is 1.00. The summed E-state index contributed by atoms with van der Waals surface area (Å²) >= 11 is 0. The lowest BCUT2D eigenvalue weighted by molar-refractivity contribution is -0.229. The van der Waals surface area contributed by atoms with Gasteiger partial charge in [-0.25, -0.2) is 0 Å². The van der Waals surface area contributed by atoms with Gasteiger partial charge in [0.2, 0.25) is 0 Å².